The smallest absolute Gasteiger partial charge is 0.0399 e. The average molecular weight is 300 g/mol. The summed E-state index contributed by atoms with van der Waals surface area (Å²) in [5.74, 6) is 1.02. The van der Waals surface area contributed by atoms with E-state index in [-0.39, 0.29) is 0 Å². The van der Waals surface area contributed by atoms with Crippen LogP contribution in [0.3, 0.4) is 0 Å². The molecule has 22 heavy (non-hydrogen) atoms. The number of benzene rings is 1. The van der Waals surface area contributed by atoms with E-state index in [1.54, 1.807) is 0 Å². The molecule has 0 unspecified atom stereocenters. The van der Waals surface area contributed by atoms with E-state index in [2.05, 4.69) is 41.8 Å². The molecule has 2 heteroatoms. The maximum atomic E-state index is 2.69. The molecule has 2 nitrogen and oxygen atoms in total. The third-order valence-corrected chi connectivity index (χ3v) is 5.87. The Bertz CT molecular complexity index is 469. The second kappa shape index (κ2) is 7.50. The largest absolute Gasteiger partial charge is 0.369 e. The van der Waals surface area contributed by atoms with Gasteiger partial charge in [0, 0.05) is 31.9 Å². The Balaban J connectivity index is 1.47. The molecule has 0 aromatic heterocycles. The Labute approximate surface area is 136 Å². The number of nitrogens with zero attached hydrogens (tertiary/aromatic N) is 2. The minimum absolute atomic E-state index is 1.02. The lowest BCUT2D eigenvalue weighted by atomic mass is 9.87. The summed E-state index contributed by atoms with van der Waals surface area (Å²) in [5, 5.41) is 0. The van der Waals surface area contributed by atoms with E-state index >= 15 is 0 Å². The van der Waals surface area contributed by atoms with Crippen LogP contribution in [-0.2, 0) is 0 Å². The first-order valence-electron chi connectivity index (χ1n) is 9.27. The van der Waals surface area contributed by atoms with E-state index in [0.29, 0.717) is 0 Å². The normalized spacial score (nSPS) is 21.3. The Kier molecular flexibility index (Phi) is 5.41. The first-order chi connectivity index (χ1) is 10.7. The molecule has 122 valence electrons. The van der Waals surface area contributed by atoms with Crippen molar-refractivity contribution in [2.75, 3.05) is 37.6 Å². The molecular formula is C20H32N2. The van der Waals surface area contributed by atoms with Crippen molar-refractivity contribution < 1.29 is 0 Å². The molecule has 0 bridgehead atoms. The zero-order valence-electron chi connectivity index (χ0n) is 14.5. The van der Waals surface area contributed by atoms with E-state index in [1.807, 2.05) is 0 Å². The van der Waals surface area contributed by atoms with Gasteiger partial charge in [-0.1, -0.05) is 44.2 Å². The molecule has 0 N–H and O–H groups in total. The number of piperazine rings is 1. The highest BCUT2D eigenvalue weighted by molar-refractivity contribution is 5.56. The minimum atomic E-state index is 1.02. The van der Waals surface area contributed by atoms with Crippen LogP contribution in [0.25, 0.3) is 0 Å². The SMILES string of the molecule is Cc1cccc(N2CCN(CCC3CCCCC3)CC2)c1C. The zero-order valence-corrected chi connectivity index (χ0v) is 14.5. The van der Waals surface area contributed by atoms with Gasteiger partial charge >= 0.3 is 0 Å². The number of aryl methyl sites for hydroxylation is 1. The van der Waals surface area contributed by atoms with Crippen LogP contribution in [0.2, 0.25) is 0 Å². The second-order valence-electron chi connectivity index (χ2n) is 7.34. The number of hydrogen-bond acceptors (Lipinski definition) is 2. The van der Waals surface area contributed by atoms with Crippen LogP contribution in [0.1, 0.15) is 49.7 Å². The predicted octanol–water partition coefficient (Wildman–Crippen LogP) is 4.40. The average Bonchev–Trinajstić information content (AvgIpc) is 2.57. The van der Waals surface area contributed by atoms with Gasteiger partial charge in [0.1, 0.15) is 0 Å². The molecule has 1 aromatic rings. The van der Waals surface area contributed by atoms with Crippen molar-refractivity contribution in [3.8, 4) is 0 Å². The van der Waals surface area contributed by atoms with Crippen LogP contribution in [-0.4, -0.2) is 37.6 Å². The first-order valence-corrected chi connectivity index (χ1v) is 9.27. The summed E-state index contributed by atoms with van der Waals surface area (Å²) >= 11 is 0. The minimum Gasteiger partial charge on any atom is -0.369 e. The number of hydrogen-bond donors (Lipinski definition) is 0. The van der Waals surface area contributed by atoms with Crippen molar-refractivity contribution in [2.45, 2.75) is 52.4 Å². The van der Waals surface area contributed by atoms with Crippen molar-refractivity contribution in [1.29, 1.82) is 0 Å². The standard InChI is InChI=1S/C20H32N2/c1-17-7-6-10-20(18(17)2)22-15-13-21(14-16-22)12-11-19-8-4-3-5-9-19/h6-7,10,19H,3-5,8-9,11-16H2,1-2H3. The fraction of sp³-hybridized carbons (Fsp3) is 0.700. The Morgan fingerprint density at radius 1 is 0.955 bits per heavy atom. The molecule has 0 amide bonds. The van der Waals surface area contributed by atoms with Gasteiger partial charge in [0.25, 0.3) is 0 Å². The van der Waals surface area contributed by atoms with Crippen molar-refractivity contribution in [3.05, 3.63) is 29.3 Å². The van der Waals surface area contributed by atoms with Gasteiger partial charge in [0.15, 0.2) is 0 Å². The molecule has 1 heterocycles. The summed E-state index contributed by atoms with van der Waals surface area (Å²) in [6.45, 7) is 10.7. The maximum Gasteiger partial charge on any atom is 0.0399 e. The summed E-state index contributed by atoms with van der Waals surface area (Å²) in [4.78, 5) is 5.27. The molecule has 1 saturated carbocycles. The van der Waals surface area contributed by atoms with E-state index in [0.717, 1.165) is 5.92 Å². The van der Waals surface area contributed by atoms with E-state index in [1.165, 1.54) is 88.1 Å². The second-order valence-corrected chi connectivity index (χ2v) is 7.34. The lowest BCUT2D eigenvalue weighted by Gasteiger charge is -2.37. The summed E-state index contributed by atoms with van der Waals surface area (Å²) in [5.41, 5.74) is 4.32. The predicted molar refractivity (Wildman–Crippen MR) is 95.8 cm³/mol. The summed E-state index contributed by atoms with van der Waals surface area (Å²) in [6.07, 6.45) is 8.84. The Morgan fingerprint density at radius 2 is 1.68 bits per heavy atom. The third kappa shape index (κ3) is 3.84. The molecule has 2 fully saturated rings. The highest BCUT2D eigenvalue weighted by atomic mass is 15.3. The van der Waals surface area contributed by atoms with Crippen molar-refractivity contribution in [1.82, 2.24) is 4.90 Å². The third-order valence-electron chi connectivity index (χ3n) is 5.87. The van der Waals surface area contributed by atoms with Gasteiger partial charge in [-0.05, 0) is 49.9 Å². The van der Waals surface area contributed by atoms with Gasteiger partial charge in [-0.15, -0.1) is 0 Å². The van der Waals surface area contributed by atoms with Crippen LogP contribution >= 0.6 is 0 Å². The highest BCUT2D eigenvalue weighted by Gasteiger charge is 2.20. The molecule has 2 aliphatic rings. The molecule has 1 aromatic carbocycles. The maximum absolute atomic E-state index is 2.69. The van der Waals surface area contributed by atoms with Crippen molar-refractivity contribution in [3.63, 3.8) is 0 Å². The van der Waals surface area contributed by atoms with Gasteiger partial charge in [-0.2, -0.15) is 0 Å². The van der Waals surface area contributed by atoms with Crippen molar-refractivity contribution >= 4 is 5.69 Å². The van der Waals surface area contributed by atoms with Gasteiger partial charge in [-0.25, -0.2) is 0 Å². The Hall–Kier alpha value is -1.02. The fourth-order valence-corrected chi connectivity index (χ4v) is 4.13. The molecule has 0 radical (unpaired) electrons. The summed E-state index contributed by atoms with van der Waals surface area (Å²) in [7, 11) is 0. The van der Waals surface area contributed by atoms with Crippen LogP contribution in [0.5, 0.6) is 0 Å². The zero-order chi connectivity index (χ0) is 15.4. The summed E-state index contributed by atoms with van der Waals surface area (Å²) < 4.78 is 0. The van der Waals surface area contributed by atoms with E-state index < -0.39 is 0 Å². The quantitative estimate of drug-likeness (QED) is 0.813. The topological polar surface area (TPSA) is 6.48 Å². The first kappa shape index (κ1) is 15.9. The monoisotopic (exact) mass is 300 g/mol. The van der Waals surface area contributed by atoms with Crippen LogP contribution in [0.15, 0.2) is 18.2 Å². The molecule has 1 aliphatic carbocycles. The van der Waals surface area contributed by atoms with Crippen LogP contribution in [0.4, 0.5) is 5.69 Å². The van der Waals surface area contributed by atoms with Crippen LogP contribution in [0, 0.1) is 19.8 Å². The highest BCUT2D eigenvalue weighted by Crippen LogP contribution is 2.27. The van der Waals surface area contributed by atoms with Gasteiger partial charge < -0.3 is 4.90 Å². The summed E-state index contributed by atoms with van der Waals surface area (Å²) in [6, 6.07) is 6.71. The molecular weight excluding hydrogens is 268 g/mol. The van der Waals surface area contributed by atoms with Crippen molar-refractivity contribution in [2.24, 2.45) is 5.92 Å². The molecule has 1 saturated heterocycles. The van der Waals surface area contributed by atoms with E-state index in [4.69, 9.17) is 0 Å². The lowest BCUT2D eigenvalue weighted by Crippen LogP contribution is -2.47. The number of rotatable bonds is 4. The van der Waals surface area contributed by atoms with Gasteiger partial charge in [-0.3, -0.25) is 4.90 Å². The van der Waals surface area contributed by atoms with Gasteiger partial charge in [0.2, 0.25) is 0 Å². The van der Waals surface area contributed by atoms with E-state index in [9.17, 15) is 0 Å². The fourth-order valence-electron chi connectivity index (χ4n) is 4.13. The molecule has 0 spiro atoms. The molecule has 0 atom stereocenters. The van der Waals surface area contributed by atoms with Crippen LogP contribution < -0.4 is 4.90 Å². The molecule has 1 aliphatic heterocycles. The van der Waals surface area contributed by atoms with Gasteiger partial charge in [0.05, 0.1) is 0 Å². The number of anilines is 1. The lowest BCUT2D eigenvalue weighted by molar-refractivity contribution is 0.221. The molecule has 3 rings (SSSR count). The Morgan fingerprint density at radius 3 is 2.41 bits per heavy atom.